The number of phenols is 1. The number of hydrogen-bond acceptors (Lipinski definition) is 3. The van der Waals surface area contributed by atoms with Crippen molar-refractivity contribution in [2.45, 2.75) is 0 Å². The lowest BCUT2D eigenvalue weighted by atomic mass is 10.1. The second-order valence-electron chi connectivity index (χ2n) is 4.09. The molecule has 2 aromatic carbocycles. The Bertz CT molecular complexity index is 686. The number of carbonyl (C=O) groups excluding carboxylic acids is 1. The van der Waals surface area contributed by atoms with Crippen LogP contribution in [0.4, 0.5) is 20.6 Å². The Morgan fingerprint density at radius 2 is 1.67 bits per heavy atom. The van der Waals surface area contributed by atoms with Crippen molar-refractivity contribution in [3.63, 3.8) is 0 Å². The Morgan fingerprint density at radius 3 is 2.29 bits per heavy atom. The number of hydrogen-bond donors (Lipinski definition) is 4. The monoisotopic (exact) mass is 290 g/mol. The van der Waals surface area contributed by atoms with Crippen LogP contribution in [0.15, 0.2) is 42.5 Å². The average molecular weight is 290 g/mol. The summed E-state index contributed by atoms with van der Waals surface area (Å²) in [5.74, 6) is -2.29. The molecular formula is C14H11FN2O4. The summed E-state index contributed by atoms with van der Waals surface area (Å²) in [6.45, 7) is 0. The van der Waals surface area contributed by atoms with Gasteiger partial charge in [-0.1, -0.05) is 6.07 Å². The highest BCUT2D eigenvalue weighted by atomic mass is 19.1. The highest BCUT2D eigenvalue weighted by molar-refractivity contribution is 6.02. The molecule has 2 amide bonds. The smallest absolute Gasteiger partial charge is 0.339 e. The number of carboxylic acid groups (broad SMARTS) is 1. The van der Waals surface area contributed by atoms with Gasteiger partial charge in [0.2, 0.25) is 0 Å². The Hall–Kier alpha value is -3.09. The topological polar surface area (TPSA) is 98.7 Å². The van der Waals surface area contributed by atoms with Gasteiger partial charge in [-0.15, -0.1) is 0 Å². The van der Waals surface area contributed by atoms with Crippen molar-refractivity contribution in [1.29, 1.82) is 0 Å². The fourth-order valence-corrected chi connectivity index (χ4v) is 1.63. The third-order valence-electron chi connectivity index (χ3n) is 2.62. The van der Waals surface area contributed by atoms with Crippen LogP contribution in [0.1, 0.15) is 10.4 Å². The molecule has 0 atom stereocenters. The molecule has 21 heavy (non-hydrogen) atoms. The van der Waals surface area contributed by atoms with E-state index < -0.39 is 23.6 Å². The van der Waals surface area contributed by atoms with E-state index in [1.165, 1.54) is 42.5 Å². The fraction of sp³-hybridized carbons (Fsp3) is 0. The predicted molar refractivity (Wildman–Crippen MR) is 74.1 cm³/mol. The van der Waals surface area contributed by atoms with Gasteiger partial charge in [0.15, 0.2) is 5.75 Å². The fourth-order valence-electron chi connectivity index (χ4n) is 1.63. The van der Waals surface area contributed by atoms with E-state index in [1.807, 2.05) is 0 Å². The maximum Gasteiger partial charge on any atom is 0.339 e. The highest BCUT2D eigenvalue weighted by Gasteiger charge is 2.14. The molecule has 0 aliphatic heterocycles. The first-order chi connectivity index (χ1) is 9.97. The third-order valence-corrected chi connectivity index (χ3v) is 2.62. The molecule has 0 spiro atoms. The second kappa shape index (κ2) is 5.91. The number of nitrogens with one attached hydrogen (secondary N) is 2. The Balaban J connectivity index is 2.11. The van der Waals surface area contributed by atoms with E-state index in [4.69, 9.17) is 5.11 Å². The zero-order valence-corrected chi connectivity index (χ0v) is 10.6. The Kier molecular flexibility index (Phi) is 4.03. The number of benzene rings is 2. The summed E-state index contributed by atoms with van der Waals surface area (Å²) in [6.07, 6.45) is 0. The van der Waals surface area contributed by atoms with E-state index in [-0.39, 0.29) is 11.3 Å². The number of urea groups is 1. The van der Waals surface area contributed by atoms with Crippen molar-refractivity contribution in [2.24, 2.45) is 0 Å². The van der Waals surface area contributed by atoms with E-state index in [0.29, 0.717) is 5.69 Å². The van der Waals surface area contributed by atoms with Crippen LogP contribution in [0.2, 0.25) is 0 Å². The highest BCUT2D eigenvalue weighted by Crippen LogP contribution is 2.27. The van der Waals surface area contributed by atoms with E-state index in [9.17, 15) is 19.1 Å². The molecule has 6 nitrogen and oxygen atoms in total. The molecule has 108 valence electrons. The molecular weight excluding hydrogens is 279 g/mol. The number of aromatic carboxylic acids is 1. The molecule has 0 saturated carbocycles. The number of rotatable bonds is 3. The number of carbonyl (C=O) groups is 2. The standard InChI is InChI=1S/C14H11FN2O4/c15-8-4-6-9(7-5-8)16-14(21)17-11-3-1-2-10(12(11)18)13(19)20/h1-7,18H,(H,19,20)(H2,16,17,21). The quantitative estimate of drug-likeness (QED) is 0.653. The molecule has 0 aliphatic rings. The minimum Gasteiger partial charge on any atom is -0.505 e. The van der Waals surface area contributed by atoms with Crippen LogP contribution >= 0.6 is 0 Å². The zero-order valence-electron chi connectivity index (χ0n) is 10.6. The van der Waals surface area contributed by atoms with Crippen LogP contribution in [0.5, 0.6) is 5.75 Å². The molecule has 2 rings (SSSR count). The van der Waals surface area contributed by atoms with Crippen molar-refractivity contribution in [2.75, 3.05) is 10.6 Å². The molecule has 0 heterocycles. The van der Waals surface area contributed by atoms with E-state index in [2.05, 4.69) is 10.6 Å². The molecule has 0 radical (unpaired) electrons. The second-order valence-corrected chi connectivity index (χ2v) is 4.09. The maximum atomic E-state index is 12.7. The van der Waals surface area contributed by atoms with Crippen molar-refractivity contribution in [3.05, 3.63) is 53.8 Å². The minimum atomic E-state index is -1.31. The van der Waals surface area contributed by atoms with Gasteiger partial charge in [-0.25, -0.2) is 14.0 Å². The number of amides is 2. The zero-order chi connectivity index (χ0) is 15.4. The van der Waals surface area contributed by atoms with Gasteiger partial charge in [0, 0.05) is 5.69 Å². The van der Waals surface area contributed by atoms with E-state index >= 15 is 0 Å². The minimum absolute atomic E-state index is 0.0467. The van der Waals surface area contributed by atoms with Gasteiger partial charge in [0.1, 0.15) is 11.4 Å². The number of anilines is 2. The predicted octanol–water partition coefficient (Wildman–Crippen LogP) is 2.87. The molecule has 2 aromatic rings. The summed E-state index contributed by atoms with van der Waals surface area (Å²) in [5, 5.41) is 23.3. The maximum absolute atomic E-state index is 12.7. The van der Waals surface area contributed by atoms with Gasteiger partial charge in [-0.2, -0.15) is 0 Å². The van der Waals surface area contributed by atoms with Crippen LogP contribution in [-0.2, 0) is 0 Å². The first kappa shape index (κ1) is 14.3. The summed E-state index contributed by atoms with van der Waals surface area (Å²) in [6, 6.07) is 8.34. The van der Waals surface area contributed by atoms with Gasteiger partial charge in [-0.05, 0) is 36.4 Å². The van der Waals surface area contributed by atoms with Gasteiger partial charge >= 0.3 is 12.0 Å². The largest absolute Gasteiger partial charge is 0.505 e. The lowest BCUT2D eigenvalue weighted by molar-refractivity contribution is 0.0694. The van der Waals surface area contributed by atoms with E-state index in [0.717, 1.165) is 0 Å². The lowest BCUT2D eigenvalue weighted by Crippen LogP contribution is -2.19. The van der Waals surface area contributed by atoms with Crippen molar-refractivity contribution in [3.8, 4) is 5.75 Å². The van der Waals surface area contributed by atoms with Crippen LogP contribution < -0.4 is 10.6 Å². The average Bonchev–Trinajstić information content (AvgIpc) is 2.43. The Labute approximate surface area is 118 Å². The SMILES string of the molecule is O=C(Nc1ccc(F)cc1)Nc1cccc(C(=O)O)c1O. The molecule has 4 N–H and O–H groups in total. The van der Waals surface area contributed by atoms with Crippen molar-refractivity contribution in [1.82, 2.24) is 0 Å². The van der Waals surface area contributed by atoms with Gasteiger partial charge in [0.05, 0.1) is 5.69 Å². The van der Waals surface area contributed by atoms with Crippen LogP contribution in [-0.4, -0.2) is 22.2 Å². The van der Waals surface area contributed by atoms with Crippen molar-refractivity contribution < 1.29 is 24.2 Å². The molecule has 0 bridgehead atoms. The van der Waals surface area contributed by atoms with Gasteiger partial charge in [-0.3, -0.25) is 0 Å². The summed E-state index contributed by atoms with van der Waals surface area (Å²) in [4.78, 5) is 22.6. The van der Waals surface area contributed by atoms with Crippen LogP contribution in [0, 0.1) is 5.82 Å². The number of aromatic hydroxyl groups is 1. The van der Waals surface area contributed by atoms with Crippen LogP contribution in [0.3, 0.4) is 0 Å². The van der Waals surface area contributed by atoms with Crippen LogP contribution in [0.25, 0.3) is 0 Å². The molecule has 0 unspecified atom stereocenters. The Morgan fingerprint density at radius 1 is 1.00 bits per heavy atom. The van der Waals surface area contributed by atoms with E-state index in [1.54, 1.807) is 0 Å². The number of halogens is 1. The molecule has 0 saturated heterocycles. The summed E-state index contributed by atoms with van der Waals surface area (Å²) < 4.78 is 12.7. The van der Waals surface area contributed by atoms with Gasteiger partial charge < -0.3 is 20.8 Å². The molecule has 0 fully saturated rings. The molecule has 0 aromatic heterocycles. The normalized spacial score (nSPS) is 9.95. The number of carboxylic acids is 1. The molecule has 0 aliphatic carbocycles. The summed E-state index contributed by atoms with van der Waals surface area (Å²) >= 11 is 0. The van der Waals surface area contributed by atoms with Crippen molar-refractivity contribution >= 4 is 23.4 Å². The van der Waals surface area contributed by atoms with Gasteiger partial charge in [0.25, 0.3) is 0 Å². The number of para-hydroxylation sites is 1. The summed E-state index contributed by atoms with van der Waals surface area (Å²) in [7, 11) is 0. The first-order valence-electron chi connectivity index (χ1n) is 5.86. The lowest BCUT2D eigenvalue weighted by Gasteiger charge is -2.10. The third kappa shape index (κ3) is 3.47. The summed E-state index contributed by atoms with van der Waals surface area (Å²) in [5.41, 5.74) is -0.0214. The molecule has 7 heteroatoms. The first-order valence-corrected chi connectivity index (χ1v) is 5.86.